The molecule has 0 aliphatic carbocycles. The minimum atomic E-state index is -1.14. The molecule has 0 heterocycles. The standard InChI is InChI=1S/C13H23BN2O4/c1-6-12(17)19-14(11(8-15)7-10(2)3)20-13(18)9-16(4)5/h10-11H,6-7,9H2,1-5H3. The fraction of sp³-hybridized carbons (Fsp3) is 0.769. The Morgan fingerprint density at radius 1 is 1.25 bits per heavy atom. The third-order valence-corrected chi connectivity index (χ3v) is 2.45. The molecule has 1 unspecified atom stereocenters. The van der Waals surface area contributed by atoms with Crippen molar-refractivity contribution >= 4 is 19.1 Å². The lowest BCUT2D eigenvalue weighted by Gasteiger charge is -2.20. The topological polar surface area (TPSA) is 79.6 Å². The summed E-state index contributed by atoms with van der Waals surface area (Å²) in [5.74, 6) is -1.43. The Hall–Kier alpha value is -1.55. The fourth-order valence-corrected chi connectivity index (χ4v) is 1.56. The fourth-order valence-electron chi connectivity index (χ4n) is 1.56. The highest BCUT2D eigenvalue weighted by atomic mass is 16.6. The van der Waals surface area contributed by atoms with Crippen molar-refractivity contribution in [2.75, 3.05) is 20.6 Å². The van der Waals surface area contributed by atoms with E-state index in [0.29, 0.717) is 6.42 Å². The molecule has 20 heavy (non-hydrogen) atoms. The van der Waals surface area contributed by atoms with Crippen LogP contribution in [0.4, 0.5) is 0 Å². The normalized spacial score (nSPS) is 11.9. The van der Waals surface area contributed by atoms with Crippen LogP contribution in [0, 0.1) is 17.2 Å². The predicted molar refractivity (Wildman–Crippen MR) is 75.6 cm³/mol. The molecule has 0 rings (SSSR count). The van der Waals surface area contributed by atoms with E-state index in [2.05, 4.69) is 6.07 Å². The second-order valence-corrected chi connectivity index (χ2v) is 5.30. The van der Waals surface area contributed by atoms with Crippen LogP contribution in [0.15, 0.2) is 0 Å². The first-order chi connectivity index (χ1) is 9.29. The van der Waals surface area contributed by atoms with Crippen molar-refractivity contribution in [3.63, 3.8) is 0 Å². The summed E-state index contributed by atoms with van der Waals surface area (Å²) < 4.78 is 10.2. The summed E-state index contributed by atoms with van der Waals surface area (Å²) in [4.78, 5) is 24.7. The molecule has 0 aromatic heterocycles. The highest BCUT2D eigenvalue weighted by Crippen LogP contribution is 2.22. The average molecular weight is 282 g/mol. The predicted octanol–water partition coefficient (Wildman–Crippen LogP) is 1.47. The van der Waals surface area contributed by atoms with E-state index in [9.17, 15) is 14.9 Å². The Labute approximate surface area is 121 Å². The first-order valence-electron chi connectivity index (χ1n) is 6.73. The van der Waals surface area contributed by atoms with Crippen molar-refractivity contribution in [2.45, 2.75) is 39.4 Å². The van der Waals surface area contributed by atoms with E-state index in [4.69, 9.17) is 9.31 Å². The number of carbonyl (C=O) groups is 2. The lowest BCUT2D eigenvalue weighted by molar-refractivity contribution is -0.140. The van der Waals surface area contributed by atoms with Crippen LogP contribution in [0.5, 0.6) is 0 Å². The van der Waals surface area contributed by atoms with E-state index in [1.165, 1.54) is 0 Å². The van der Waals surface area contributed by atoms with Crippen molar-refractivity contribution < 1.29 is 18.9 Å². The highest BCUT2D eigenvalue weighted by Gasteiger charge is 2.38. The number of nitriles is 1. The SMILES string of the molecule is CCC(=O)OB(OC(=O)CN(C)C)C(C#N)CC(C)C. The monoisotopic (exact) mass is 282 g/mol. The van der Waals surface area contributed by atoms with E-state index < -0.39 is 24.9 Å². The molecule has 0 spiro atoms. The Bertz CT molecular complexity index is 366. The third kappa shape index (κ3) is 7.79. The van der Waals surface area contributed by atoms with E-state index in [-0.39, 0.29) is 18.9 Å². The van der Waals surface area contributed by atoms with Crippen LogP contribution in [0.1, 0.15) is 33.6 Å². The van der Waals surface area contributed by atoms with Crippen molar-refractivity contribution in [2.24, 2.45) is 5.92 Å². The molecule has 0 aliphatic rings. The molecule has 0 fully saturated rings. The van der Waals surface area contributed by atoms with Crippen molar-refractivity contribution in [1.29, 1.82) is 5.26 Å². The Morgan fingerprint density at radius 2 is 1.80 bits per heavy atom. The quantitative estimate of drug-likeness (QED) is 0.627. The van der Waals surface area contributed by atoms with Crippen LogP contribution in [-0.4, -0.2) is 44.6 Å². The molecule has 1 atom stereocenters. The third-order valence-electron chi connectivity index (χ3n) is 2.45. The van der Waals surface area contributed by atoms with Crippen LogP contribution in [0.25, 0.3) is 0 Å². The first kappa shape index (κ1) is 18.5. The molecule has 6 nitrogen and oxygen atoms in total. The molecule has 0 saturated carbocycles. The summed E-state index contributed by atoms with van der Waals surface area (Å²) in [6.45, 7) is 5.61. The van der Waals surface area contributed by atoms with Gasteiger partial charge in [0.15, 0.2) is 0 Å². The number of nitrogens with zero attached hydrogens (tertiary/aromatic N) is 2. The van der Waals surface area contributed by atoms with Gasteiger partial charge in [0.2, 0.25) is 0 Å². The van der Waals surface area contributed by atoms with Crippen LogP contribution < -0.4 is 0 Å². The number of rotatable bonds is 8. The van der Waals surface area contributed by atoms with Gasteiger partial charge in [-0.2, -0.15) is 5.26 Å². The number of likely N-dealkylation sites (N-methyl/N-ethyl adjacent to an activating group) is 1. The molecule has 0 saturated heterocycles. The summed E-state index contributed by atoms with van der Waals surface area (Å²) in [7, 11) is 2.32. The summed E-state index contributed by atoms with van der Waals surface area (Å²) >= 11 is 0. The van der Waals surface area contributed by atoms with Gasteiger partial charge < -0.3 is 9.31 Å². The van der Waals surface area contributed by atoms with Crippen LogP contribution in [0.3, 0.4) is 0 Å². The largest absolute Gasteiger partial charge is 0.616 e. The van der Waals surface area contributed by atoms with Gasteiger partial charge in [-0.3, -0.25) is 14.5 Å². The second-order valence-electron chi connectivity index (χ2n) is 5.30. The number of carbonyl (C=O) groups excluding carboxylic acids is 2. The average Bonchev–Trinajstić information content (AvgIpc) is 2.33. The van der Waals surface area contributed by atoms with Crippen molar-refractivity contribution in [1.82, 2.24) is 4.90 Å². The molecule has 0 aromatic carbocycles. The lowest BCUT2D eigenvalue weighted by atomic mass is 9.68. The molecule has 7 heteroatoms. The summed E-state index contributed by atoms with van der Waals surface area (Å²) in [5.41, 5.74) is 0. The maximum absolute atomic E-state index is 11.7. The van der Waals surface area contributed by atoms with Crippen molar-refractivity contribution in [3.8, 4) is 6.07 Å². The van der Waals surface area contributed by atoms with E-state index in [1.54, 1.807) is 25.9 Å². The second kappa shape index (κ2) is 9.37. The molecule has 0 aliphatic heterocycles. The molecular formula is C13H23BN2O4. The zero-order valence-electron chi connectivity index (χ0n) is 12.9. The Balaban J connectivity index is 4.82. The smallest absolute Gasteiger partial charge is 0.498 e. The van der Waals surface area contributed by atoms with Gasteiger partial charge in [0.25, 0.3) is 5.97 Å². The molecule has 0 bridgehead atoms. The summed E-state index contributed by atoms with van der Waals surface area (Å²) in [6.07, 6.45) is 0.662. The molecule has 112 valence electrons. The van der Waals surface area contributed by atoms with Gasteiger partial charge in [0.1, 0.15) is 5.82 Å². The van der Waals surface area contributed by atoms with Crippen LogP contribution >= 0.6 is 0 Å². The van der Waals surface area contributed by atoms with Gasteiger partial charge in [-0.15, -0.1) is 0 Å². The molecule has 0 amide bonds. The molecule has 0 N–H and O–H groups in total. The minimum Gasteiger partial charge on any atom is -0.498 e. The summed E-state index contributed by atoms with van der Waals surface area (Å²) in [6, 6.07) is 2.05. The first-order valence-corrected chi connectivity index (χ1v) is 6.73. The number of hydrogen-bond donors (Lipinski definition) is 0. The van der Waals surface area contributed by atoms with Gasteiger partial charge in [0.05, 0.1) is 12.6 Å². The van der Waals surface area contributed by atoms with E-state index >= 15 is 0 Å². The minimum absolute atomic E-state index is 0.0694. The van der Waals surface area contributed by atoms with Crippen LogP contribution in [-0.2, 0) is 18.9 Å². The van der Waals surface area contributed by atoms with E-state index in [1.807, 2.05) is 13.8 Å². The van der Waals surface area contributed by atoms with Gasteiger partial charge in [-0.1, -0.05) is 20.8 Å². The van der Waals surface area contributed by atoms with Gasteiger partial charge in [-0.05, 0) is 26.4 Å². The molecule has 0 radical (unpaired) electrons. The van der Waals surface area contributed by atoms with E-state index in [0.717, 1.165) is 0 Å². The van der Waals surface area contributed by atoms with Crippen LogP contribution in [0.2, 0.25) is 5.82 Å². The Morgan fingerprint density at radius 3 is 2.20 bits per heavy atom. The zero-order chi connectivity index (χ0) is 15.7. The Kier molecular flexibility index (Phi) is 8.65. The molecular weight excluding hydrogens is 259 g/mol. The van der Waals surface area contributed by atoms with Crippen molar-refractivity contribution in [3.05, 3.63) is 0 Å². The van der Waals surface area contributed by atoms with Gasteiger partial charge in [0, 0.05) is 6.42 Å². The lowest BCUT2D eigenvalue weighted by Crippen LogP contribution is -2.37. The van der Waals surface area contributed by atoms with Gasteiger partial charge >= 0.3 is 13.1 Å². The maximum atomic E-state index is 11.7. The zero-order valence-corrected chi connectivity index (χ0v) is 12.9. The maximum Gasteiger partial charge on any atom is 0.616 e. The van der Waals surface area contributed by atoms with Gasteiger partial charge in [-0.25, -0.2) is 0 Å². The summed E-state index contributed by atoms with van der Waals surface area (Å²) in [5, 5.41) is 9.18. The highest BCUT2D eigenvalue weighted by molar-refractivity contribution is 6.51. The number of hydrogen-bond acceptors (Lipinski definition) is 6. The molecule has 0 aromatic rings.